The zero-order valence-corrected chi connectivity index (χ0v) is 14.0. The Morgan fingerprint density at radius 1 is 1.42 bits per heavy atom. The van der Waals surface area contributed by atoms with E-state index >= 15 is 0 Å². The topological polar surface area (TPSA) is 54.5 Å². The molecule has 0 aromatic heterocycles. The molecule has 1 aromatic rings. The van der Waals surface area contributed by atoms with Gasteiger partial charge in [-0.2, -0.15) is 0 Å². The molecule has 0 aliphatic carbocycles. The molecule has 0 aliphatic rings. The average Bonchev–Trinajstić information content (AvgIpc) is 2.34. The Hall–Kier alpha value is -0.590. The Morgan fingerprint density at radius 3 is 2.47 bits per heavy atom. The van der Waals surface area contributed by atoms with Crippen molar-refractivity contribution in [3.05, 3.63) is 28.2 Å². The van der Waals surface area contributed by atoms with E-state index in [0.29, 0.717) is 4.47 Å². The Labute approximate surface area is 126 Å². The van der Waals surface area contributed by atoms with Gasteiger partial charge in [-0.15, -0.1) is 0 Å². The van der Waals surface area contributed by atoms with Crippen LogP contribution >= 0.6 is 26.6 Å². The molecule has 19 heavy (non-hydrogen) atoms. The highest BCUT2D eigenvalue weighted by Gasteiger charge is 2.19. The number of benzene rings is 1. The van der Waals surface area contributed by atoms with Gasteiger partial charge in [-0.25, -0.2) is 8.42 Å². The summed E-state index contributed by atoms with van der Waals surface area (Å²) in [6.45, 7) is 3.90. The summed E-state index contributed by atoms with van der Waals surface area (Å²) in [4.78, 5) is 13.7. The second kappa shape index (κ2) is 6.24. The molecule has 106 valence electrons. The first kappa shape index (κ1) is 16.5. The van der Waals surface area contributed by atoms with E-state index in [1.54, 1.807) is 18.0 Å². The molecule has 0 bridgehead atoms. The van der Waals surface area contributed by atoms with E-state index in [9.17, 15) is 13.2 Å². The second-order valence-electron chi connectivity index (χ2n) is 4.29. The van der Waals surface area contributed by atoms with Crippen molar-refractivity contribution >= 4 is 41.6 Å². The summed E-state index contributed by atoms with van der Waals surface area (Å²) in [5.74, 6) is -0.239. The van der Waals surface area contributed by atoms with Gasteiger partial charge in [0, 0.05) is 33.8 Å². The van der Waals surface area contributed by atoms with Gasteiger partial charge in [0.1, 0.15) is 0 Å². The Bertz CT molecular complexity index is 589. The largest absolute Gasteiger partial charge is 0.339 e. The predicted octanol–water partition coefficient (Wildman–Crippen LogP) is 3.25. The third-order valence-electron chi connectivity index (χ3n) is 2.97. The van der Waals surface area contributed by atoms with Gasteiger partial charge in [0.2, 0.25) is 0 Å². The third kappa shape index (κ3) is 4.19. The minimum absolute atomic E-state index is 0.0718. The number of halogens is 2. The van der Waals surface area contributed by atoms with Crippen LogP contribution in [-0.2, 0) is 9.05 Å². The van der Waals surface area contributed by atoms with Crippen molar-refractivity contribution in [3.63, 3.8) is 0 Å². The van der Waals surface area contributed by atoms with E-state index in [4.69, 9.17) is 10.7 Å². The third-order valence-corrected chi connectivity index (χ3v) is 4.76. The van der Waals surface area contributed by atoms with Crippen LogP contribution < -0.4 is 0 Å². The van der Waals surface area contributed by atoms with Gasteiger partial charge in [0.25, 0.3) is 15.0 Å². The molecule has 0 N–H and O–H groups in total. The fourth-order valence-electron chi connectivity index (χ4n) is 1.50. The lowest BCUT2D eigenvalue weighted by atomic mass is 10.1. The van der Waals surface area contributed by atoms with Crippen LogP contribution in [0.25, 0.3) is 0 Å². The number of amides is 1. The molecule has 0 spiro atoms. The van der Waals surface area contributed by atoms with Crippen LogP contribution in [0.4, 0.5) is 0 Å². The summed E-state index contributed by atoms with van der Waals surface area (Å²) in [6.07, 6.45) is 0.816. The lowest BCUT2D eigenvalue weighted by Crippen LogP contribution is -2.34. The Balaban J connectivity index is 3.22. The van der Waals surface area contributed by atoms with Gasteiger partial charge in [0.15, 0.2) is 0 Å². The van der Waals surface area contributed by atoms with Crippen molar-refractivity contribution in [1.29, 1.82) is 0 Å². The van der Waals surface area contributed by atoms with Crippen molar-refractivity contribution in [2.24, 2.45) is 0 Å². The second-order valence-corrected chi connectivity index (χ2v) is 7.77. The zero-order valence-electron chi connectivity index (χ0n) is 10.9. The highest BCUT2D eigenvalue weighted by atomic mass is 79.9. The van der Waals surface area contributed by atoms with Gasteiger partial charge in [0.05, 0.1) is 4.90 Å². The van der Waals surface area contributed by atoms with Crippen molar-refractivity contribution in [2.75, 3.05) is 7.05 Å². The molecule has 4 nitrogen and oxygen atoms in total. The number of hydrogen-bond acceptors (Lipinski definition) is 3. The SMILES string of the molecule is CCC(C)N(C)C(=O)c1cc(Br)cc(S(=O)(=O)Cl)c1. The van der Waals surface area contributed by atoms with E-state index in [0.717, 1.165) is 6.42 Å². The minimum Gasteiger partial charge on any atom is -0.339 e. The molecule has 1 amide bonds. The Kier molecular flexibility index (Phi) is 5.41. The number of nitrogens with zero attached hydrogens (tertiary/aromatic N) is 1. The van der Waals surface area contributed by atoms with E-state index in [1.807, 2.05) is 13.8 Å². The summed E-state index contributed by atoms with van der Waals surface area (Å²) < 4.78 is 23.2. The van der Waals surface area contributed by atoms with Crippen molar-refractivity contribution in [3.8, 4) is 0 Å². The summed E-state index contributed by atoms with van der Waals surface area (Å²) in [7, 11) is 3.13. The summed E-state index contributed by atoms with van der Waals surface area (Å²) in [6, 6.07) is 4.30. The van der Waals surface area contributed by atoms with Crippen LogP contribution in [0.5, 0.6) is 0 Å². The summed E-state index contributed by atoms with van der Waals surface area (Å²) in [5, 5.41) is 0. The monoisotopic (exact) mass is 367 g/mol. The fraction of sp³-hybridized carbons (Fsp3) is 0.417. The first-order valence-corrected chi connectivity index (χ1v) is 8.79. The molecule has 1 unspecified atom stereocenters. The smallest absolute Gasteiger partial charge is 0.261 e. The van der Waals surface area contributed by atoms with Crippen molar-refractivity contribution in [1.82, 2.24) is 4.90 Å². The molecule has 0 fully saturated rings. The van der Waals surface area contributed by atoms with Crippen LogP contribution in [0, 0.1) is 0 Å². The summed E-state index contributed by atoms with van der Waals surface area (Å²) in [5.41, 5.74) is 0.288. The molecule has 0 saturated heterocycles. The molecule has 0 saturated carbocycles. The van der Waals surface area contributed by atoms with Crippen LogP contribution in [0.3, 0.4) is 0 Å². The quantitative estimate of drug-likeness (QED) is 0.767. The molecule has 0 aliphatic heterocycles. The van der Waals surface area contributed by atoms with E-state index < -0.39 is 9.05 Å². The van der Waals surface area contributed by atoms with Gasteiger partial charge < -0.3 is 4.90 Å². The normalized spacial score (nSPS) is 13.1. The van der Waals surface area contributed by atoms with E-state index in [-0.39, 0.29) is 22.4 Å². The van der Waals surface area contributed by atoms with Crippen molar-refractivity contribution in [2.45, 2.75) is 31.2 Å². The molecule has 1 aromatic carbocycles. The first-order valence-electron chi connectivity index (χ1n) is 5.69. The molecular formula is C12H15BrClNO3S. The van der Waals surface area contributed by atoms with Gasteiger partial charge in [-0.05, 0) is 31.5 Å². The maximum atomic E-state index is 12.2. The van der Waals surface area contributed by atoms with Crippen LogP contribution in [-0.4, -0.2) is 32.3 Å². The molecule has 7 heteroatoms. The average molecular weight is 369 g/mol. The highest BCUT2D eigenvalue weighted by Crippen LogP contribution is 2.23. The maximum absolute atomic E-state index is 12.2. The number of carbonyl (C=O) groups is 1. The first-order chi connectivity index (χ1) is 8.66. The minimum atomic E-state index is -3.86. The fourth-order valence-corrected chi connectivity index (χ4v) is 2.95. The van der Waals surface area contributed by atoms with Gasteiger partial charge in [-0.3, -0.25) is 4.79 Å². The van der Waals surface area contributed by atoms with Crippen LogP contribution in [0.2, 0.25) is 0 Å². The molecular weight excluding hydrogens is 354 g/mol. The lowest BCUT2D eigenvalue weighted by Gasteiger charge is -2.24. The van der Waals surface area contributed by atoms with Gasteiger partial charge in [-0.1, -0.05) is 22.9 Å². The van der Waals surface area contributed by atoms with Crippen LogP contribution in [0.1, 0.15) is 30.6 Å². The van der Waals surface area contributed by atoms with Crippen LogP contribution in [0.15, 0.2) is 27.6 Å². The standard InChI is InChI=1S/C12H15BrClNO3S/c1-4-8(2)15(3)12(16)9-5-10(13)7-11(6-9)19(14,17)18/h5-8H,4H2,1-3H3. The summed E-state index contributed by atoms with van der Waals surface area (Å²) >= 11 is 3.18. The Morgan fingerprint density at radius 2 is 2.00 bits per heavy atom. The van der Waals surface area contributed by atoms with Crippen molar-refractivity contribution < 1.29 is 13.2 Å². The van der Waals surface area contributed by atoms with E-state index in [2.05, 4.69) is 15.9 Å². The zero-order chi connectivity index (χ0) is 14.8. The molecule has 1 atom stereocenters. The molecule has 0 radical (unpaired) electrons. The number of rotatable bonds is 4. The predicted molar refractivity (Wildman–Crippen MR) is 79.0 cm³/mol. The maximum Gasteiger partial charge on any atom is 0.261 e. The number of carbonyl (C=O) groups excluding carboxylic acids is 1. The van der Waals surface area contributed by atoms with Gasteiger partial charge >= 0.3 is 0 Å². The lowest BCUT2D eigenvalue weighted by molar-refractivity contribution is 0.0740. The van der Waals surface area contributed by atoms with E-state index in [1.165, 1.54) is 12.1 Å². The number of hydrogen-bond donors (Lipinski definition) is 0. The molecule has 0 heterocycles. The molecule has 1 rings (SSSR count). The highest BCUT2D eigenvalue weighted by molar-refractivity contribution is 9.10.